The highest BCUT2D eigenvalue weighted by Gasteiger charge is 2.33. The van der Waals surface area contributed by atoms with Gasteiger partial charge in [-0.25, -0.2) is 19.9 Å². The van der Waals surface area contributed by atoms with Crippen molar-refractivity contribution in [3.8, 4) is 56.5 Å². The van der Waals surface area contributed by atoms with E-state index in [9.17, 15) is 22.8 Å². The molecule has 61 heavy (non-hydrogen) atoms. The van der Waals surface area contributed by atoms with Crippen LogP contribution in [0.2, 0.25) is 0 Å². The van der Waals surface area contributed by atoms with Crippen molar-refractivity contribution in [2.75, 3.05) is 39.9 Å². The van der Waals surface area contributed by atoms with Crippen molar-refractivity contribution in [1.29, 1.82) is 0 Å². The van der Waals surface area contributed by atoms with E-state index in [1.54, 1.807) is 36.5 Å². The molecule has 2 amide bonds. The van der Waals surface area contributed by atoms with Gasteiger partial charge >= 0.3 is 6.36 Å². The van der Waals surface area contributed by atoms with Crippen LogP contribution < -0.4 is 9.47 Å². The Morgan fingerprint density at radius 1 is 0.738 bits per heavy atom. The summed E-state index contributed by atoms with van der Waals surface area (Å²) < 4.78 is 47.5. The van der Waals surface area contributed by atoms with Gasteiger partial charge in [0.15, 0.2) is 0 Å². The largest absolute Gasteiger partial charge is 0.573 e. The first-order chi connectivity index (χ1) is 29.6. The minimum absolute atomic E-state index is 0.108. The lowest BCUT2D eigenvalue weighted by atomic mass is 9.88. The number of halogens is 3. The number of piperidine rings is 2. The minimum Gasteiger partial charge on any atom is -0.497 e. The van der Waals surface area contributed by atoms with Gasteiger partial charge in [0, 0.05) is 90.5 Å². The number of rotatable bonds is 10. The summed E-state index contributed by atoms with van der Waals surface area (Å²) in [6.45, 7) is 3.91. The molecule has 0 atom stereocenters. The van der Waals surface area contributed by atoms with Crippen LogP contribution in [-0.2, 0) is 9.59 Å². The predicted molar refractivity (Wildman–Crippen MR) is 218 cm³/mol. The third-order valence-electron chi connectivity index (χ3n) is 10.9. The molecule has 0 radical (unpaired) electrons. The summed E-state index contributed by atoms with van der Waals surface area (Å²) in [7, 11) is 1.64. The van der Waals surface area contributed by atoms with Gasteiger partial charge < -0.3 is 24.4 Å². The number of benzene rings is 2. The molecule has 0 bridgehead atoms. The molecule has 2 aromatic carbocycles. The number of aliphatic hydroxyl groups is 1. The van der Waals surface area contributed by atoms with Crippen molar-refractivity contribution < 1.29 is 37.3 Å². The number of nitrogens with one attached hydrogen (secondary N) is 2. The van der Waals surface area contributed by atoms with Crippen LogP contribution in [0.4, 0.5) is 13.2 Å². The van der Waals surface area contributed by atoms with Gasteiger partial charge in [-0.1, -0.05) is 31.2 Å². The lowest BCUT2D eigenvalue weighted by Crippen LogP contribution is -2.39. The third-order valence-corrected chi connectivity index (χ3v) is 10.9. The van der Waals surface area contributed by atoms with E-state index >= 15 is 0 Å². The maximum atomic E-state index is 12.7. The van der Waals surface area contributed by atoms with Crippen LogP contribution in [0.3, 0.4) is 0 Å². The van der Waals surface area contributed by atoms with E-state index in [2.05, 4.69) is 45.1 Å². The smallest absolute Gasteiger partial charge is 0.497 e. The molecule has 0 unspecified atom stereocenters. The molecule has 8 rings (SSSR count). The summed E-state index contributed by atoms with van der Waals surface area (Å²) in [5.74, 6) is 0.676. The fourth-order valence-corrected chi connectivity index (χ4v) is 7.88. The predicted octanol–water partition coefficient (Wildman–Crippen LogP) is 6.79. The number of aliphatic hydroxyl groups excluding tert-OH is 1. The number of aromatic nitrogens is 8. The van der Waals surface area contributed by atoms with E-state index in [0.29, 0.717) is 49.6 Å². The van der Waals surface area contributed by atoms with Gasteiger partial charge in [0.25, 0.3) is 0 Å². The number of H-pyrrole nitrogens is 2. The molecule has 318 valence electrons. The second-order valence-corrected chi connectivity index (χ2v) is 14.5. The first kappa shape index (κ1) is 42.4. The molecule has 3 N–H and O–H groups in total. The number of amides is 2. The van der Waals surface area contributed by atoms with Crippen LogP contribution in [0.25, 0.3) is 45.0 Å². The topological polar surface area (TPSA) is 188 Å². The Morgan fingerprint density at radius 2 is 1.21 bits per heavy atom. The van der Waals surface area contributed by atoms with Gasteiger partial charge in [-0.3, -0.25) is 19.8 Å². The number of aromatic amines is 2. The van der Waals surface area contributed by atoms with Gasteiger partial charge in [0.1, 0.15) is 42.1 Å². The molecule has 6 aromatic rings. The van der Waals surface area contributed by atoms with E-state index in [0.717, 1.165) is 70.9 Å². The lowest BCUT2D eigenvalue weighted by molar-refractivity contribution is -0.274. The number of carbonyl (C=O) groups is 2. The molecule has 15 nitrogen and oxygen atoms in total. The summed E-state index contributed by atoms with van der Waals surface area (Å²) in [6.07, 6.45) is 5.06. The SMILES string of the molecule is CCC(=O)N1CCC(c2[nH]nc(-c3cccc(OC(F)(F)F)c3)c2-c2ccncn2)CC1.COc1cccc(-c2n[nH]c(C3CCN(C(=O)CO)CC3)c2-c2ccncn2)c1. The summed E-state index contributed by atoms with van der Waals surface area (Å²) >= 11 is 0. The average molecular weight is 839 g/mol. The molecule has 0 aliphatic carbocycles. The fraction of sp³-hybridized carbons (Fsp3) is 0.349. The van der Waals surface area contributed by atoms with Gasteiger partial charge in [-0.15, -0.1) is 13.2 Å². The van der Waals surface area contributed by atoms with Gasteiger partial charge in [-0.05, 0) is 62.1 Å². The monoisotopic (exact) mass is 838 g/mol. The highest BCUT2D eigenvalue weighted by Crippen LogP contribution is 2.41. The fourth-order valence-electron chi connectivity index (χ4n) is 7.88. The van der Waals surface area contributed by atoms with Gasteiger partial charge in [-0.2, -0.15) is 10.2 Å². The first-order valence-corrected chi connectivity index (χ1v) is 19.9. The average Bonchev–Trinajstić information content (AvgIpc) is 3.95. The molecule has 2 aliphatic heterocycles. The van der Waals surface area contributed by atoms with E-state index in [-0.39, 0.29) is 29.4 Å². The zero-order valence-electron chi connectivity index (χ0n) is 33.6. The van der Waals surface area contributed by atoms with Gasteiger partial charge in [0.2, 0.25) is 11.8 Å². The Morgan fingerprint density at radius 3 is 1.64 bits per heavy atom. The summed E-state index contributed by atoms with van der Waals surface area (Å²) in [5.41, 5.74) is 7.66. The minimum atomic E-state index is -4.78. The lowest BCUT2D eigenvalue weighted by Gasteiger charge is -2.31. The molecule has 0 saturated carbocycles. The molecule has 2 fully saturated rings. The number of hydrogen-bond donors (Lipinski definition) is 3. The summed E-state index contributed by atoms with van der Waals surface area (Å²) in [5, 5.41) is 24.5. The Kier molecular flexibility index (Phi) is 13.3. The van der Waals surface area contributed by atoms with Crippen molar-refractivity contribution in [1.82, 2.24) is 50.1 Å². The van der Waals surface area contributed by atoms with E-state index < -0.39 is 13.0 Å². The summed E-state index contributed by atoms with van der Waals surface area (Å²) in [4.78, 5) is 44.2. The van der Waals surface area contributed by atoms with Crippen LogP contribution in [-0.4, -0.2) is 113 Å². The van der Waals surface area contributed by atoms with E-state index in [4.69, 9.17) is 9.84 Å². The molecular weight excluding hydrogens is 794 g/mol. The Hall–Kier alpha value is -6.69. The molecule has 2 aliphatic rings. The van der Waals surface area contributed by atoms with Crippen molar-refractivity contribution in [3.63, 3.8) is 0 Å². The molecule has 2 saturated heterocycles. The molecule has 0 spiro atoms. The number of ether oxygens (including phenoxy) is 2. The molecule has 18 heteroatoms. The number of nitrogens with zero attached hydrogens (tertiary/aromatic N) is 8. The highest BCUT2D eigenvalue weighted by atomic mass is 19.4. The Balaban J connectivity index is 0.000000185. The maximum Gasteiger partial charge on any atom is 0.573 e. The van der Waals surface area contributed by atoms with Crippen LogP contribution >= 0.6 is 0 Å². The van der Waals surface area contributed by atoms with Crippen LogP contribution in [0.5, 0.6) is 11.5 Å². The number of hydrogen-bond acceptors (Lipinski definition) is 11. The second kappa shape index (κ2) is 19.1. The zero-order valence-corrected chi connectivity index (χ0v) is 33.6. The molecular formula is C43H45F3N10O5. The van der Waals surface area contributed by atoms with Crippen LogP contribution in [0.1, 0.15) is 62.3 Å². The standard InChI is InChI=1S/C22H22F3N5O2.C21H23N5O3/c1-2-18(31)30-10-7-14(8-11-30)20-19(17-6-9-26-13-27-17)21(29-28-20)15-4-3-5-16(12-15)32-22(23,24)25;1-29-16-4-2-3-15(11-16)21-19(17-5-8-22-13-23-17)20(24-25-21)14-6-9-26(10-7-14)18(28)12-27/h3-6,9,12-14H,2,7-8,10-11H2,1H3,(H,28,29);2-5,8,11,13-14,27H,6-7,9-10,12H2,1H3,(H,24,25). The van der Waals surface area contributed by atoms with Gasteiger partial charge in [0.05, 0.1) is 18.5 Å². The summed E-state index contributed by atoms with van der Waals surface area (Å²) in [6, 6.07) is 17.1. The maximum absolute atomic E-state index is 12.7. The van der Waals surface area contributed by atoms with E-state index in [1.165, 1.54) is 30.9 Å². The van der Waals surface area contributed by atoms with Crippen molar-refractivity contribution in [3.05, 3.63) is 97.1 Å². The number of likely N-dealkylation sites (tertiary alicyclic amines) is 2. The normalized spacial score (nSPS) is 14.9. The third kappa shape index (κ3) is 10.0. The van der Waals surface area contributed by atoms with Crippen molar-refractivity contribution in [2.24, 2.45) is 0 Å². The quantitative estimate of drug-likeness (QED) is 0.132. The molecule has 6 heterocycles. The Bertz CT molecular complexity index is 2390. The van der Waals surface area contributed by atoms with E-state index in [1.807, 2.05) is 42.2 Å². The van der Waals surface area contributed by atoms with Crippen LogP contribution in [0.15, 0.2) is 85.7 Å². The van der Waals surface area contributed by atoms with Crippen LogP contribution in [0, 0.1) is 0 Å². The molecule has 4 aromatic heterocycles. The first-order valence-electron chi connectivity index (χ1n) is 19.9. The number of methoxy groups -OCH3 is 1. The van der Waals surface area contributed by atoms with Crippen molar-refractivity contribution >= 4 is 11.8 Å². The number of carbonyl (C=O) groups excluding carboxylic acids is 2. The zero-order chi connectivity index (χ0) is 42.9. The second-order valence-electron chi connectivity index (χ2n) is 14.5. The van der Waals surface area contributed by atoms with Crippen molar-refractivity contribution in [2.45, 2.75) is 57.2 Å². The highest BCUT2D eigenvalue weighted by molar-refractivity contribution is 5.83. The number of alkyl halides is 3. The Labute approximate surface area is 349 Å².